The van der Waals surface area contributed by atoms with Gasteiger partial charge in [0.1, 0.15) is 5.82 Å². The van der Waals surface area contributed by atoms with Gasteiger partial charge in [0, 0.05) is 13.7 Å². The molecule has 0 fully saturated rings. The first-order valence-corrected chi connectivity index (χ1v) is 5.85. The number of aliphatic hydroxyl groups is 1. The number of nitrogens with one attached hydrogen (secondary N) is 2. The Morgan fingerprint density at radius 2 is 2.39 bits per heavy atom. The summed E-state index contributed by atoms with van der Waals surface area (Å²) in [5.74, 6) is 0.578. The molecule has 3 N–H and O–H groups in total. The maximum Gasteiger partial charge on any atom is 0.226 e. The second-order valence-electron chi connectivity index (χ2n) is 3.78. The van der Waals surface area contributed by atoms with Gasteiger partial charge >= 0.3 is 0 Å². The number of fused-ring (bicyclic) bond motifs is 1. The lowest BCUT2D eigenvalue weighted by Crippen LogP contribution is -2.26. The fraction of sp³-hybridized carbons (Fsp3) is 0.500. The van der Waals surface area contributed by atoms with E-state index >= 15 is 0 Å². The standard InChI is InChI=1S/C10H14ClN5O2/c1-18-5-6(2-3-17)13-8-7-4-12-16-9(7)15-10(11)14-8/h4,6,17H,2-3,5H2,1H3,(H2,12,13,14,15,16). The second-order valence-corrected chi connectivity index (χ2v) is 4.12. The van der Waals surface area contributed by atoms with Gasteiger partial charge in [0.2, 0.25) is 5.28 Å². The lowest BCUT2D eigenvalue weighted by Gasteiger charge is -2.17. The Bertz CT molecular complexity index is 512. The number of nitrogens with zero attached hydrogens (tertiary/aromatic N) is 3. The molecule has 0 saturated heterocycles. The Hall–Kier alpha value is -1.44. The fourth-order valence-corrected chi connectivity index (χ4v) is 1.83. The van der Waals surface area contributed by atoms with Gasteiger partial charge in [0.15, 0.2) is 5.65 Å². The lowest BCUT2D eigenvalue weighted by molar-refractivity contribution is 0.170. The van der Waals surface area contributed by atoms with Gasteiger partial charge in [0.05, 0.1) is 24.2 Å². The Morgan fingerprint density at radius 3 is 3.11 bits per heavy atom. The third-order valence-corrected chi connectivity index (χ3v) is 2.64. The summed E-state index contributed by atoms with van der Waals surface area (Å²) in [6, 6.07) is -0.0518. The summed E-state index contributed by atoms with van der Waals surface area (Å²) < 4.78 is 5.08. The number of H-pyrrole nitrogens is 1. The number of rotatable bonds is 6. The van der Waals surface area contributed by atoms with E-state index in [1.165, 1.54) is 0 Å². The molecule has 2 aromatic heterocycles. The molecule has 0 amide bonds. The lowest BCUT2D eigenvalue weighted by atomic mass is 10.2. The molecular formula is C10H14ClN5O2. The molecule has 0 aliphatic heterocycles. The minimum atomic E-state index is -0.0518. The monoisotopic (exact) mass is 271 g/mol. The zero-order valence-corrected chi connectivity index (χ0v) is 10.6. The van der Waals surface area contributed by atoms with Crippen LogP contribution in [0.5, 0.6) is 0 Å². The summed E-state index contributed by atoms with van der Waals surface area (Å²) >= 11 is 5.83. The highest BCUT2D eigenvalue weighted by Crippen LogP contribution is 2.21. The minimum absolute atomic E-state index is 0.0518. The molecule has 2 heterocycles. The smallest absolute Gasteiger partial charge is 0.226 e. The number of hydrogen-bond donors (Lipinski definition) is 3. The van der Waals surface area contributed by atoms with Gasteiger partial charge in [-0.05, 0) is 18.0 Å². The molecule has 1 unspecified atom stereocenters. The zero-order chi connectivity index (χ0) is 13.0. The van der Waals surface area contributed by atoms with Gasteiger partial charge in [-0.3, -0.25) is 5.10 Å². The third kappa shape index (κ3) is 2.87. The summed E-state index contributed by atoms with van der Waals surface area (Å²) in [6.07, 6.45) is 2.17. The van der Waals surface area contributed by atoms with Crippen LogP contribution in [0.25, 0.3) is 11.0 Å². The first-order chi connectivity index (χ1) is 8.74. The van der Waals surface area contributed by atoms with Gasteiger partial charge in [-0.1, -0.05) is 0 Å². The van der Waals surface area contributed by atoms with E-state index in [0.717, 1.165) is 5.39 Å². The molecule has 0 saturated carbocycles. The molecule has 0 aromatic carbocycles. The van der Waals surface area contributed by atoms with Crippen LogP contribution in [0.1, 0.15) is 6.42 Å². The van der Waals surface area contributed by atoms with E-state index in [1.54, 1.807) is 13.3 Å². The Balaban J connectivity index is 2.26. The summed E-state index contributed by atoms with van der Waals surface area (Å²) in [6.45, 7) is 0.524. The molecule has 0 spiro atoms. The van der Waals surface area contributed by atoms with Crippen LogP contribution < -0.4 is 5.32 Å². The predicted octanol–water partition coefficient (Wildman–Crippen LogP) is 0.816. The van der Waals surface area contributed by atoms with Crippen LogP contribution in [0.15, 0.2) is 6.20 Å². The van der Waals surface area contributed by atoms with Gasteiger partial charge in [-0.15, -0.1) is 0 Å². The number of halogens is 1. The Morgan fingerprint density at radius 1 is 1.56 bits per heavy atom. The molecule has 98 valence electrons. The van der Waals surface area contributed by atoms with Gasteiger partial charge in [-0.25, -0.2) is 0 Å². The molecule has 1 atom stereocenters. The van der Waals surface area contributed by atoms with Crippen LogP contribution in [0.4, 0.5) is 5.82 Å². The van der Waals surface area contributed by atoms with E-state index in [2.05, 4.69) is 25.5 Å². The first kappa shape index (κ1) is 13.0. The maximum atomic E-state index is 9.00. The molecule has 0 aliphatic carbocycles. The van der Waals surface area contributed by atoms with Crippen molar-refractivity contribution in [3.8, 4) is 0 Å². The van der Waals surface area contributed by atoms with Crippen LogP contribution in [-0.4, -0.2) is 51.6 Å². The van der Waals surface area contributed by atoms with Gasteiger partial charge in [-0.2, -0.15) is 15.1 Å². The fourth-order valence-electron chi connectivity index (χ4n) is 1.67. The van der Waals surface area contributed by atoms with E-state index in [4.69, 9.17) is 21.4 Å². The molecule has 18 heavy (non-hydrogen) atoms. The molecule has 8 heteroatoms. The predicted molar refractivity (Wildman–Crippen MR) is 67.7 cm³/mol. The average molecular weight is 272 g/mol. The number of anilines is 1. The van der Waals surface area contributed by atoms with Crippen molar-refractivity contribution in [2.45, 2.75) is 12.5 Å². The van der Waals surface area contributed by atoms with Crippen molar-refractivity contribution in [2.75, 3.05) is 25.6 Å². The van der Waals surface area contributed by atoms with Crippen LogP contribution in [0.3, 0.4) is 0 Å². The van der Waals surface area contributed by atoms with Crippen molar-refractivity contribution < 1.29 is 9.84 Å². The third-order valence-electron chi connectivity index (χ3n) is 2.47. The molecule has 7 nitrogen and oxygen atoms in total. The number of aliphatic hydroxyl groups excluding tert-OH is 1. The minimum Gasteiger partial charge on any atom is -0.396 e. The molecule has 2 aromatic rings. The molecule has 2 rings (SSSR count). The number of ether oxygens (including phenoxy) is 1. The van der Waals surface area contributed by atoms with E-state index in [-0.39, 0.29) is 17.9 Å². The summed E-state index contributed by atoms with van der Waals surface area (Å²) in [5.41, 5.74) is 0.567. The Labute approximate surface area is 109 Å². The topological polar surface area (TPSA) is 96.0 Å². The highest BCUT2D eigenvalue weighted by Gasteiger charge is 2.13. The number of hydrogen-bond acceptors (Lipinski definition) is 6. The summed E-state index contributed by atoms with van der Waals surface area (Å²) in [5, 5.41) is 19.7. The van der Waals surface area contributed by atoms with Crippen molar-refractivity contribution in [1.82, 2.24) is 20.2 Å². The second kappa shape index (κ2) is 5.94. The van der Waals surface area contributed by atoms with E-state index in [9.17, 15) is 0 Å². The van der Waals surface area contributed by atoms with Gasteiger partial charge < -0.3 is 15.2 Å². The molecule has 0 aliphatic rings. The van der Waals surface area contributed by atoms with Crippen molar-refractivity contribution >= 4 is 28.5 Å². The van der Waals surface area contributed by atoms with Crippen molar-refractivity contribution in [3.63, 3.8) is 0 Å². The highest BCUT2D eigenvalue weighted by molar-refractivity contribution is 6.28. The molecule has 0 radical (unpaired) electrons. The number of methoxy groups -OCH3 is 1. The quantitative estimate of drug-likeness (QED) is 0.673. The van der Waals surface area contributed by atoms with E-state index < -0.39 is 0 Å². The Kier molecular flexibility index (Phi) is 4.29. The largest absolute Gasteiger partial charge is 0.396 e. The van der Waals surface area contributed by atoms with E-state index in [1.807, 2.05) is 0 Å². The summed E-state index contributed by atoms with van der Waals surface area (Å²) in [4.78, 5) is 8.14. The van der Waals surface area contributed by atoms with Crippen molar-refractivity contribution in [1.29, 1.82) is 0 Å². The number of aromatic amines is 1. The van der Waals surface area contributed by atoms with Gasteiger partial charge in [0.25, 0.3) is 0 Å². The van der Waals surface area contributed by atoms with E-state index in [0.29, 0.717) is 24.5 Å². The first-order valence-electron chi connectivity index (χ1n) is 5.47. The highest BCUT2D eigenvalue weighted by atomic mass is 35.5. The van der Waals surface area contributed by atoms with Crippen LogP contribution >= 0.6 is 11.6 Å². The van der Waals surface area contributed by atoms with Crippen LogP contribution in [0, 0.1) is 0 Å². The molecule has 0 bridgehead atoms. The number of aromatic nitrogens is 4. The summed E-state index contributed by atoms with van der Waals surface area (Å²) in [7, 11) is 1.60. The van der Waals surface area contributed by atoms with Crippen molar-refractivity contribution in [2.24, 2.45) is 0 Å². The molecular weight excluding hydrogens is 258 g/mol. The SMILES string of the molecule is COCC(CCO)Nc1nc(Cl)nc2[nH]ncc12. The normalized spacial score (nSPS) is 12.8. The zero-order valence-electron chi connectivity index (χ0n) is 9.85. The average Bonchev–Trinajstić information content (AvgIpc) is 2.77. The van der Waals surface area contributed by atoms with Crippen LogP contribution in [-0.2, 0) is 4.74 Å². The van der Waals surface area contributed by atoms with Crippen molar-refractivity contribution in [3.05, 3.63) is 11.5 Å². The maximum absolute atomic E-state index is 9.00. The van der Waals surface area contributed by atoms with Crippen LogP contribution in [0.2, 0.25) is 5.28 Å².